The van der Waals surface area contributed by atoms with Gasteiger partial charge in [-0.1, -0.05) is 24.3 Å². The van der Waals surface area contributed by atoms with E-state index in [9.17, 15) is 18.0 Å². The van der Waals surface area contributed by atoms with E-state index in [0.717, 1.165) is 17.2 Å². The summed E-state index contributed by atoms with van der Waals surface area (Å²) < 4.78 is 43.3. The summed E-state index contributed by atoms with van der Waals surface area (Å²) in [5.74, 6) is 0.629. The van der Waals surface area contributed by atoms with Gasteiger partial charge in [0.05, 0.1) is 17.0 Å². The third kappa shape index (κ3) is 4.38. The van der Waals surface area contributed by atoms with Crippen molar-refractivity contribution in [3.63, 3.8) is 0 Å². The molecule has 4 heterocycles. The van der Waals surface area contributed by atoms with E-state index in [2.05, 4.69) is 25.5 Å². The van der Waals surface area contributed by atoms with Crippen LogP contribution in [0.3, 0.4) is 0 Å². The molecule has 1 aliphatic rings. The third-order valence-corrected chi connectivity index (χ3v) is 6.72. The normalized spacial score (nSPS) is 14.9. The lowest BCUT2D eigenvalue weighted by atomic mass is 9.99. The fourth-order valence-electron chi connectivity index (χ4n) is 4.77. The second-order valence-corrected chi connectivity index (χ2v) is 9.18. The van der Waals surface area contributed by atoms with E-state index in [-0.39, 0.29) is 11.5 Å². The van der Waals surface area contributed by atoms with E-state index in [1.807, 2.05) is 23.5 Å². The number of aromatic nitrogens is 5. The number of nitrogens with zero attached hydrogens (tertiary/aromatic N) is 6. The molecular weight excluding hydrogens is 483 g/mol. The molecule has 11 heteroatoms. The van der Waals surface area contributed by atoms with Crippen molar-refractivity contribution in [2.75, 3.05) is 18.4 Å². The van der Waals surface area contributed by atoms with Gasteiger partial charge in [0.25, 0.3) is 6.43 Å². The number of carbonyl (C=O) groups excluding carboxylic acids is 1. The minimum absolute atomic E-state index is 0.0183. The Bertz CT molecular complexity index is 1560. The van der Waals surface area contributed by atoms with Crippen LogP contribution in [-0.2, 0) is 4.79 Å². The zero-order valence-electron chi connectivity index (χ0n) is 20.9. The monoisotopic (exact) mass is 509 g/mol. The van der Waals surface area contributed by atoms with E-state index in [1.165, 1.54) is 12.1 Å². The smallest absolute Gasteiger partial charge is 0.266 e. The fourth-order valence-corrected chi connectivity index (χ4v) is 4.77. The van der Waals surface area contributed by atoms with Crippen LogP contribution in [0.15, 0.2) is 30.3 Å². The molecule has 0 bridgehead atoms. The number of alkyl halides is 2. The molecule has 0 fully saturated rings. The molecule has 1 N–H and O–H groups in total. The lowest BCUT2D eigenvalue weighted by Gasteiger charge is -2.26. The van der Waals surface area contributed by atoms with Gasteiger partial charge in [-0.2, -0.15) is 0 Å². The molecule has 192 valence electrons. The molecule has 1 aliphatic heterocycles. The van der Waals surface area contributed by atoms with Crippen LogP contribution in [0.2, 0.25) is 0 Å². The molecule has 1 aromatic carbocycles. The van der Waals surface area contributed by atoms with Gasteiger partial charge in [0.15, 0.2) is 11.3 Å². The number of halogens is 3. The van der Waals surface area contributed by atoms with Crippen molar-refractivity contribution < 1.29 is 18.0 Å². The number of nitrogens with one attached hydrogen (secondary N) is 1. The molecule has 0 saturated heterocycles. The number of rotatable bonds is 5. The lowest BCUT2D eigenvalue weighted by molar-refractivity contribution is -0.128. The van der Waals surface area contributed by atoms with Crippen LogP contribution in [0.1, 0.15) is 61.1 Å². The van der Waals surface area contributed by atoms with E-state index in [0.29, 0.717) is 53.7 Å². The molecule has 0 aliphatic carbocycles. The number of hydrogen-bond acceptors (Lipinski definition) is 6. The van der Waals surface area contributed by atoms with Crippen LogP contribution in [0, 0.1) is 19.7 Å². The Morgan fingerprint density at radius 2 is 1.86 bits per heavy atom. The van der Waals surface area contributed by atoms with Crippen LogP contribution in [0.25, 0.3) is 22.3 Å². The molecule has 3 aromatic heterocycles. The largest absolute Gasteiger partial charge is 0.363 e. The Balaban J connectivity index is 1.64. The van der Waals surface area contributed by atoms with Gasteiger partial charge in [-0.05, 0) is 38.8 Å². The Morgan fingerprint density at radius 1 is 1.11 bits per heavy atom. The molecule has 0 spiro atoms. The second kappa shape index (κ2) is 9.45. The number of aryl methyl sites for hydroxylation is 2. The minimum atomic E-state index is -2.91. The van der Waals surface area contributed by atoms with Crippen molar-refractivity contribution in [2.24, 2.45) is 0 Å². The quantitative estimate of drug-likeness (QED) is 0.399. The molecule has 4 aromatic rings. The average Bonchev–Trinajstić information content (AvgIpc) is 3.25. The van der Waals surface area contributed by atoms with Gasteiger partial charge >= 0.3 is 0 Å². The predicted octanol–water partition coefficient (Wildman–Crippen LogP) is 5.17. The van der Waals surface area contributed by atoms with Crippen LogP contribution >= 0.6 is 0 Å². The Kier molecular flexibility index (Phi) is 6.30. The highest BCUT2D eigenvalue weighted by Gasteiger charge is 2.24. The van der Waals surface area contributed by atoms with Gasteiger partial charge in [-0.25, -0.2) is 23.1 Å². The summed E-state index contributed by atoms with van der Waals surface area (Å²) >= 11 is 0. The number of benzene rings is 1. The number of amides is 1. The number of fused-ring (bicyclic) bond motifs is 3. The minimum Gasteiger partial charge on any atom is -0.363 e. The van der Waals surface area contributed by atoms with Gasteiger partial charge in [-0.15, -0.1) is 10.2 Å². The van der Waals surface area contributed by atoms with Crippen LogP contribution < -0.4 is 5.32 Å². The van der Waals surface area contributed by atoms with Gasteiger partial charge < -0.3 is 10.2 Å². The number of carbonyl (C=O) groups is 1. The molecule has 8 nitrogen and oxygen atoms in total. The van der Waals surface area contributed by atoms with Crippen molar-refractivity contribution in [1.29, 1.82) is 0 Å². The van der Waals surface area contributed by atoms with E-state index in [1.54, 1.807) is 25.7 Å². The lowest BCUT2D eigenvalue weighted by Crippen LogP contribution is -2.32. The van der Waals surface area contributed by atoms with Crippen molar-refractivity contribution in [1.82, 2.24) is 29.5 Å². The predicted molar refractivity (Wildman–Crippen MR) is 134 cm³/mol. The first kappa shape index (κ1) is 24.7. The Morgan fingerprint density at radius 3 is 2.54 bits per heavy atom. The zero-order valence-corrected chi connectivity index (χ0v) is 20.9. The first-order chi connectivity index (χ1) is 17.7. The fraction of sp³-hybridized carbons (Fsp3) is 0.346. The summed E-state index contributed by atoms with van der Waals surface area (Å²) in [7, 11) is 0. The first-order valence-corrected chi connectivity index (χ1v) is 12.0. The number of anilines is 1. The van der Waals surface area contributed by atoms with Gasteiger partial charge in [0.2, 0.25) is 5.91 Å². The van der Waals surface area contributed by atoms with E-state index >= 15 is 0 Å². The molecule has 1 atom stereocenters. The van der Waals surface area contributed by atoms with Gasteiger partial charge in [0.1, 0.15) is 23.3 Å². The maximum absolute atomic E-state index is 14.9. The summed E-state index contributed by atoms with van der Waals surface area (Å²) in [5, 5.41) is 12.5. The highest BCUT2D eigenvalue weighted by atomic mass is 19.3. The molecule has 0 radical (unpaired) electrons. The maximum Gasteiger partial charge on any atom is 0.266 e. The average molecular weight is 510 g/mol. The third-order valence-electron chi connectivity index (χ3n) is 6.72. The molecule has 1 amide bonds. The van der Waals surface area contributed by atoms with Crippen molar-refractivity contribution in [2.45, 2.75) is 46.6 Å². The van der Waals surface area contributed by atoms with Crippen LogP contribution in [0.5, 0.6) is 0 Å². The molecule has 37 heavy (non-hydrogen) atoms. The summed E-state index contributed by atoms with van der Waals surface area (Å²) in [6.07, 6.45) is -0.263. The SMILES string of the molecule is CC(=O)N1CC=C(c2cc3c(N[C@H](C)c4cccc(C(F)F)c4F)nc(C)nc3n3c(C)nnc23)CC1. The summed E-state index contributed by atoms with van der Waals surface area (Å²) in [5.41, 5.74) is 2.55. The number of hydrogen-bond donors (Lipinski definition) is 1. The van der Waals surface area contributed by atoms with Crippen molar-refractivity contribution in [3.05, 3.63) is 64.5 Å². The van der Waals surface area contributed by atoms with Gasteiger partial charge in [0, 0.05) is 31.1 Å². The second-order valence-electron chi connectivity index (χ2n) is 9.18. The summed E-state index contributed by atoms with van der Waals surface area (Å²) in [4.78, 5) is 22.8. The Labute approximate surface area is 211 Å². The van der Waals surface area contributed by atoms with Crippen molar-refractivity contribution >= 4 is 34.0 Å². The molecule has 0 unspecified atom stereocenters. The number of pyridine rings is 1. The van der Waals surface area contributed by atoms with Gasteiger partial charge in [-0.3, -0.25) is 9.20 Å². The summed E-state index contributed by atoms with van der Waals surface area (Å²) in [6, 6.07) is 5.26. The molecule has 0 saturated carbocycles. The Hall–Kier alpha value is -4.02. The van der Waals surface area contributed by atoms with Crippen LogP contribution in [-0.4, -0.2) is 48.5 Å². The molecule has 5 rings (SSSR count). The highest BCUT2D eigenvalue weighted by molar-refractivity contribution is 5.94. The van der Waals surface area contributed by atoms with E-state index < -0.39 is 23.8 Å². The first-order valence-electron chi connectivity index (χ1n) is 12.0. The standard InChI is InChI=1S/C26H26F3N7O/c1-13(18-6-5-7-19(22(18)27)23(28)29)30-24-21-12-20(17-8-10-35(11-9-17)16(4)37)26-34-33-15(3)36(26)25(21)32-14(2)31-24/h5-8,12-13,23H,9-11H2,1-4H3,(H,30,31,32)/t13-/m1/s1. The molecular formula is C26H26F3N7O. The van der Waals surface area contributed by atoms with E-state index in [4.69, 9.17) is 0 Å². The summed E-state index contributed by atoms with van der Waals surface area (Å²) in [6.45, 7) is 7.90. The van der Waals surface area contributed by atoms with Crippen molar-refractivity contribution in [3.8, 4) is 0 Å². The topological polar surface area (TPSA) is 88.3 Å². The maximum atomic E-state index is 14.9. The zero-order chi connectivity index (χ0) is 26.4. The van der Waals surface area contributed by atoms with Crippen LogP contribution in [0.4, 0.5) is 19.0 Å². The highest BCUT2D eigenvalue weighted by Crippen LogP contribution is 2.34.